The van der Waals surface area contributed by atoms with Crippen LogP contribution in [-0.4, -0.2) is 42.1 Å². The number of benzene rings is 1. The molecular formula is C21H25N3O2S2. The number of amides is 2. The predicted molar refractivity (Wildman–Crippen MR) is 115 cm³/mol. The van der Waals surface area contributed by atoms with Gasteiger partial charge in [0.05, 0.1) is 17.5 Å². The SMILES string of the molecule is CC1CCN([C@@H](CNC(=O)c2ccc3c(c2)NC(=O)CS3)c2cccs2)CC1. The molecular weight excluding hydrogens is 390 g/mol. The molecule has 0 radical (unpaired) electrons. The summed E-state index contributed by atoms with van der Waals surface area (Å²) in [4.78, 5) is 29.2. The van der Waals surface area contributed by atoms with Crippen LogP contribution in [0.15, 0.2) is 40.6 Å². The van der Waals surface area contributed by atoms with Crippen molar-refractivity contribution in [2.24, 2.45) is 5.92 Å². The molecule has 2 aliphatic heterocycles. The van der Waals surface area contributed by atoms with E-state index in [0.29, 0.717) is 17.9 Å². The van der Waals surface area contributed by atoms with E-state index in [9.17, 15) is 9.59 Å². The van der Waals surface area contributed by atoms with Gasteiger partial charge in [0.1, 0.15) is 0 Å². The van der Waals surface area contributed by atoms with Crippen LogP contribution in [-0.2, 0) is 4.79 Å². The van der Waals surface area contributed by atoms with E-state index in [2.05, 4.69) is 40.0 Å². The van der Waals surface area contributed by atoms with E-state index in [-0.39, 0.29) is 17.9 Å². The summed E-state index contributed by atoms with van der Waals surface area (Å²) in [6.07, 6.45) is 2.41. The molecule has 5 nitrogen and oxygen atoms in total. The molecule has 0 aliphatic carbocycles. The van der Waals surface area contributed by atoms with E-state index in [4.69, 9.17) is 0 Å². The third-order valence-electron chi connectivity index (χ3n) is 5.46. The van der Waals surface area contributed by atoms with Crippen LogP contribution in [0, 0.1) is 5.92 Å². The van der Waals surface area contributed by atoms with Crippen molar-refractivity contribution in [1.29, 1.82) is 0 Å². The van der Waals surface area contributed by atoms with Gasteiger partial charge in [-0.3, -0.25) is 14.5 Å². The van der Waals surface area contributed by atoms with Crippen molar-refractivity contribution in [2.75, 3.05) is 30.7 Å². The van der Waals surface area contributed by atoms with Crippen molar-refractivity contribution in [3.05, 3.63) is 46.2 Å². The molecule has 3 heterocycles. The van der Waals surface area contributed by atoms with Crippen LogP contribution in [0.3, 0.4) is 0 Å². The highest BCUT2D eigenvalue weighted by molar-refractivity contribution is 8.00. The fourth-order valence-electron chi connectivity index (χ4n) is 3.75. The summed E-state index contributed by atoms with van der Waals surface area (Å²) in [5.74, 6) is 1.08. The zero-order chi connectivity index (χ0) is 19.5. The van der Waals surface area contributed by atoms with E-state index >= 15 is 0 Å². The topological polar surface area (TPSA) is 61.4 Å². The molecule has 148 valence electrons. The quantitative estimate of drug-likeness (QED) is 0.775. The maximum atomic E-state index is 12.8. The Hall–Kier alpha value is -1.83. The molecule has 1 aromatic carbocycles. The second-order valence-electron chi connectivity index (χ2n) is 7.51. The Labute approximate surface area is 173 Å². The first kappa shape index (κ1) is 19.5. The number of fused-ring (bicyclic) bond motifs is 1. The maximum absolute atomic E-state index is 12.8. The van der Waals surface area contributed by atoms with E-state index in [0.717, 1.165) is 29.6 Å². The third kappa shape index (κ3) is 4.42. The number of nitrogens with zero attached hydrogens (tertiary/aromatic N) is 1. The van der Waals surface area contributed by atoms with Crippen molar-refractivity contribution in [1.82, 2.24) is 10.2 Å². The van der Waals surface area contributed by atoms with Gasteiger partial charge in [-0.15, -0.1) is 23.1 Å². The lowest BCUT2D eigenvalue weighted by Gasteiger charge is -2.36. The molecule has 2 aromatic rings. The van der Waals surface area contributed by atoms with Crippen molar-refractivity contribution in [3.63, 3.8) is 0 Å². The largest absolute Gasteiger partial charge is 0.350 e. The lowest BCUT2D eigenvalue weighted by Crippen LogP contribution is -2.41. The molecule has 1 atom stereocenters. The molecule has 2 amide bonds. The lowest BCUT2D eigenvalue weighted by molar-refractivity contribution is -0.113. The van der Waals surface area contributed by atoms with E-state index in [1.807, 2.05) is 12.1 Å². The molecule has 4 rings (SSSR count). The summed E-state index contributed by atoms with van der Waals surface area (Å²) in [5.41, 5.74) is 1.31. The fraction of sp³-hybridized carbons (Fsp3) is 0.429. The van der Waals surface area contributed by atoms with Gasteiger partial charge in [0.2, 0.25) is 5.91 Å². The second-order valence-corrected chi connectivity index (χ2v) is 9.50. The molecule has 0 bridgehead atoms. The average Bonchev–Trinajstić information content (AvgIpc) is 3.23. The van der Waals surface area contributed by atoms with Gasteiger partial charge in [0, 0.05) is 21.9 Å². The first-order chi connectivity index (χ1) is 13.6. The second kappa shape index (κ2) is 8.68. The van der Waals surface area contributed by atoms with E-state index in [1.54, 1.807) is 17.4 Å². The molecule has 0 saturated carbocycles. The number of hydrogen-bond acceptors (Lipinski definition) is 5. The lowest BCUT2D eigenvalue weighted by atomic mass is 9.97. The van der Waals surface area contributed by atoms with Crippen LogP contribution >= 0.6 is 23.1 Å². The van der Waals surface area contributed by atoms with Gasteiger partial charge in [-0.05, 0) is 61.5 Å². The summed E-state index contributed by atoms with van der Waals surface area (Å²) >= 11 is 3.25. The molecule has 7 heteroatoms. The zero-order valence-corrected chi connectivity index (χ0v) is 17.6. The van der Waals surface area contributed by atoms with Crippen LogP contribution in [0.2, 0.25) is 0 Å². The van der Waals surface area contributed by atoms with Gasteiger partial charge in [-0.25, -0.2) is 0 Å². The van der Waals surface area contributed by atoms with Crippen molar-refractivity contribution < 1.29 is 9.59 Å². The highest BCUT2D eigenvalue weighted by atomic mass is 32.2. The first-order valence-corrected chi connectivity index (χ1v) is 11.6. The predicted octanol–water partition coefficient (Wildman–Crippen LogP) is 4.00. The molecule has 1 aromatic heterocycles. The molecule has 1 fully saturated rings. The van der Waals surface area contributed by atoms with Crippen LogP contribution in [0.5, 0.6) is 0 Å². The molecule has 2 N–H and O–H groups in total. The minimum atomic E-state index is -0.0976. The maximum Gasteiger partial charge on any atom is 0.251 e. The Morgan fingerprint density at radius 2 is 2.14 bits per heavy atom. The smallest absolute Gasteiger partial charge is 0.251 e. The van der Waals surface area contributed by atoms with Crippen LogP contribution in [0.25, 0.3) is 0 Å². The number of likely N-dealkylation sites (tertiary alicyclic amines) is 1. The van der Waals surface area contributed by atoms with Crippen molar-refractivity contribution in [3.8, 4) is 0 Å². The molecule has 0 spiro atoms. The summed E-state index contributed by atoms with van der Waals surface area (Å²) in [6, 6.07) is 9.97. The Kier molecular flexibility index (Phi) is 6.04. The molecule has 28 heavy (non-hydrogen) atoms. The van der Waals surface area contributed by atoms with Gasteiger partial charge >= 0.3 is 0 Å². The number of piperidine rings is 1. The Morgan fingerprint density at radius 1 is 1.32 bits per heavy atom. The van der Waals surface area contributed by atoms with Gasteiger partial charge in [0.25, 0.3) is 5.91 Å². The van der Waals surface area contributed by atoms with Gasteiger partial charge in [-0.1, -0.05) is 13.0 Å². The summed E-state index contributed by atoms with van der Waals surface area (Å²) in [7, 11) is 0. The Morgan fingerprint density at radius 3 is 2.89 bits per heavy atom. The number of hydrogen-bond donors (Lipinski definition) is 2. The third-order valence-corrected chi connectivity index (χ3v) is 7.51. The number of anilines is 1. The minimum absolute atomic E-state index is 0.0212. The highest BCUT2D eigenvalue weighted by Gasteiger charge is 2.26. The standard InChI is InChI=1S/C21H25N3O2S2/c1-14-6-8-24(9-7-14)17(19-3-2-10-27-19)12-22-21(26)15-4-5-18-16(11-15)23-20(25)13-28-18/h2-5,10-11,14,17H,6-9,12-13H2,1H3,(H,22,26)(H,23,25)/t17-/m0/s1. The van der Waals surface area contributed by atoms with Crippen molar-refractivity contribution in [2.45, 2.75) is 30.7 Å². The number of carbonyl (C=O) groups is 2. The normalized spacial score (nSPS) is 19.0. The average molecular weight is 416 g/mol. The Bertz CT molecular complexity index is 845. The number of rotatable bonds is 5. The number of thiophene rings is 1. The zero-order valence-electron chi connectivity index (χ0n) is 15.9. The molecule has 2 aliphatic rings. The monoisotopic (exact) mass is 415 g/mol. The van der Waals surface area contributed by atoms with Gasteiger partial charge in [-0.2, -0.15) is 0 Å². The number of carbonyl (C=O) groups excluding carboxylic acids is 2. The summed E-state index contributed by atoms with van der Waals surface area (Å²) in [5, 5.41) is 8.07. The van der Waals surface area contributed by atoms with Crippen LogP contribution in [0.4, 0.5) is 5.69 Å². The first-order valence-electron chi connectivity index (χ1n) is 9.72. The van der Waals surface area contributed by atoms with Crippen LogP contribution in [0.1, 0.15) is 41.0 Å². The molecule has 1 saturated heterocycles. The van der Waals surface area contributed by atoms with Gasteiger partial charge < -0.3 is 10.6 Å². The highest BCUT2D eigenvalue weighted by Crippen LogP contribution is 2.32. The van der Waals surface area contributed by atoms with Crippen molar-refractivity contribution >= 4 is 40.6 Å². The Balaban J connectivity index is 1.44. The minimum Gasteiger partial charge on any atom is -0.350 e. The van der Waals surface area contributed by atoms with Gasteiger partial charge in [0.15, 0.2) is 0 Å². The summed E-state index contributed by atoms with van der Waals surface area (Å²) in [6.45, 7) is 5.04. The summed E-state index contributed by atoms with van der Waals surface area (Å²) < 4.78 is 0. The number of thioether (sulfide) groups is 1. The van der Waals surface area contributed by atoms with E-state index < -0.39 is 0 Å². The van der Waals surface area contributed by atoms with E-state index in [1.165, 1.54) is 29.5 Å². The van der Waals surface area contributed by atoms with Crippen LogP contribution < -0.4 is 10.6 Å². The molecule has 0 unspecified atom stereocenters. The number of nitrogens with one attached hydrogen (secondary N) is 2. The fourth-order valence-corrected chi connectivity index (χ4v) is 5.40.